The van der Waals surface area contributed by atoms with Crippen LogP contribution in [0.3, 0.4) is 0 Å². The zero-order chi connectivity index (χ0) is 11.2. The molecule has 80 valence electrons. The Morgan fingerprint density at radius 1 is 1.50 bits per heavy atom. The molecule has 0 spiro atoms. The standard InChI is InChI=1S/C9H14O4S/c1-3-5-8(6-9(10)4-2)7-14(11,12)13/h8H,4,6-7H2,1-2H3,(H,11,12,13). The molecule has 5 heteroatoms. The van der Waals surface area contributed by atoms with E-state index < -0.39 is 21.8 Å². The molecule has 0 aromatic rings. The van der Waals surface area contributed by atoms with Gasteiger partial charge >= 0.3 is 0 Å². The molecule has 0 fully saturated rings. The largest absolute Gasteiger partial charge is 0.300 e. The van der Waals surface area contributed by atoms with Crippen molar-refractivity contribution in [1.82, 2.24) is 0 Å². The minimum Gasteiger partial charge on any atom is -0.300 e. The van der Waals surface area contributed by atoms with Crippen molar-refractivity contribution in [3.63, 3.8) is 0 Å². The van der Waals surface area contributed by atoms with Gasteiger partial charge in [0.05, 0.1) is 5.75 Å². The van der Waals surface area contributed by atoms with Crippen LogP contribution in [-0.2, 0) is 14.9 Å². The molecule has 1 atom stereocenters. The van der Waals surface area contributed by atoms with E-state index in [1.54, 1.807) is 13.8 Å². The van der Waals surface area contributed by atoms with Crippen molar-refractivity contribution in [3.8, 4) is 11.8 Å². The first-order chi connectivity index (χ1) is 6.39. The Kier molecular flexibility index (Phi) is 5.43. The van der Waals surface area contributed by atoms with Crippen LogP contribution >= 0.6 is 0 Å². The lowest BCUT2D eigenvalue weighted by Gasteiger charge is -2.06. The molecule has 0 saturated heterocycles. The van der Waals surface area contributed by atoms with Crippen LogP contribution in [0, 0.1) is 17.8 Å². The molecule has 4 nitrogen and oxygen atoms in total. The maximum atomic E-state index is 11.0. The molecule has 1 N–H and O–H groups in total. The van der Waals surface area contributed by atoms with Crippen LogP contribution in [0.4, 0.5) is 0 Å². The molecule has 0 aromatic heterocycles. The average molecular weight is 218 g/mol. The molecule has 0 rings (SSSR count). The van der Waals surface area contributed by atoms with Crippen LogP contribution in [0.15, 0.2) is 0 Å². The number of rotatable bonds is 5. The predicted molar refractivity (Wildman–Crippen MR) is 53.3 cm³/mol. The van der Waals surface area contributed by atoms with Gasteiger partial charge in [0.25, 0.3) is 10.1 Å². The molecule has 1 unspecified atom stereocenters. The fourth-order valence-electron chi connectivity index (χ4n) is 1.03. The minimum atomic E-state index is -4.05. The van der Waals surface area contributed by atoms with E-state index in [4.69, 9.17) is 4.55 Å². The third-order valence-electron chi connectivity index (χ3n) is 1.63. The second-order valence-corrected chi connectivity index (χ2v) is 4.43. The molecule has 0 aromatic carbocycles. The summed E-state index contributed by atoms with van der Waals surface area (Å²) in [5, 5.41) is 0. The highest BCUT2D eigenvalue weighted by Gasteiger charge is 2.17. The van der Waals surface area contributed by atoms with Gasteiger partial charge in [-0.3, -0.25) is 9.35 Å². The molecular formula is C9H14O4S. The Labute approximate surface area is 84.4 Å². The van der Waals surface area contributed by atoms with Crippen LogP contribution in [0.25, 0.3) is 0 Å². The number of carbonyl (C=O) groups is 1. The summed E-state index contributed by atoms with van der Waals surface area (Å²) in [4.78, 5) is 11.0. The first-order valence-electron chi connectivity index (χ1n) is 4.28. The summed E-state index contributed by atoms with van der Waals surface area (Å²) >= 11 is 0. The zero-order valence-corrected chi connectivity index (χ0v) is 9.10. The van der Waals surface area contributed by atoms with Gasteiger partial charge in [-0.2, -0.15) is 8.42 Å². The lowest BCUT2D eigenvalue weighted by Crippen LogP contribution is -2.17. The van der Waals surface area contributed by atoms with Crippen molar-refractivity contribution in [2.45, 2.75) is 26.7 Å². The number of Topliss-reactive ketones (excluding diaryl/α,β-unsaturated/α-hetero) is 1. The third kappa shape index (κ3) is 6.63. The minimum absolute atomic E-state index is 0.0543. The Bertz CT molecular complexity index is 345. The van der Waals surface area contributed by atoms with E-state index in [-0.39, 0.29) is 12.2 Å². The highest BCUT2D eigenvalue weighted by molar-refractivity contribution is 7.85. The lowest BCUT2D eigenvalue weighted by atomic mass is 10.0. The SMILES string of the molecule is CC#CC(CC(=O)CC)CS(=O)(=O)O. The summed E-state index contributed by atoms with van der Waals surface area (Å²) in [6, 6.07) is 0. The Morgan fingerprint density at radius 3 is 2.43 bits per heavy atom. The molecular weight excluding hydrogens is 204 g/mol. The monoisotopic (exact) mass is 218 g/mol. The van der Waals surface area contributed by atoms with Crippen LogP contribution < -0.4 is 0 Å². The highest BCUT2D eigenvalue weighted by Crippen LogP contribution is 2.07. The van der Waals surface area contributed by atoms with E-state index in [2.05, 4.69) is 11.8 Å². The Hall–Kier alpha value is -0.860. The van der Waals surface area contributed by atoms with E-state index >= 15 is 0 Å². The molecule has 14 heavy (non-hydrogen) atoms. The molecule has 0 bridgehead atoms. The van der Waals surface area contributed by atoms with Gasteiger partial charge in [-0.1, -0.05) is 12.8 Å². The van der Waals surface area contributed by atoms with Gasteiger partial charge in [0.2, 0.25) is 0 Å². The van der Waals surface area contributed by atoms with Crippen LogP contribution in [0.1, 0.15) is 26.7 Å². The number of carbonyl (C=O) groups excluding carboxylic acids is 1. The summed E-state index contributed by atoms with van der Waals surface area (Å²) in [7, 11) is -4.05. The Morgan fingerprint density at radius 2 is 2.07 bits per heavy atom. The quantitative estimate of drug-likeness (QED) is 0.549. The molecule has 0 aliphatic rings. The fourth-order valence-corrected chi connectivity index (χ4v) is 1.74. The van der Waals surface area contributed by atoms with Gasteiger partial charge < -0.3 is 0 Å². The van der Waals surface area contributed by atoms with E-state index in [1.165, 1.54) is 0 Å². The van der Waals surface area contributed by atoms with Gasteiger partial charge in [-0.05, 0) is 6.92 Å². The summed E-state index contributed by atoms with van der Waals surface area (Å²) < 4.78 is 29.7. The second kappa shape index (κ2) is 5.78. The van der Waals surface area contributed by atoms with Crippen molar-refractivity contribution in [3.05, 3.63) is 0 Å². The number of hydrogen-bond donors (Lipinski definition) is 1. The van der Waals surface area contributed by atoms with Crippen molar-refractivity contribution in [2.75, 3.05) is 5.75 Å². The van der Waals surface area contributed by atoms with Gasteiger partial charge in [0, 0.05) is 18.8 Å². The Balaban J connectivity index is 4.44. The van der Waals surface area contributed by atoms with Crippen LogP contribution in [0.2, 0.25) is 0 Å². The van der Waals surface area contributed by atoms with Crippen molar-refractivity contribution < 1.29 is 17.8 Å². The number of ketones is 1. The molecule has 0 radical (unpaired) electrons. The summed E-state index contributed by atoms with van der Waals surface area (Å²) in [6.45, 7) is 3.26. The van der Waals surface area contributed by atoms with Crippen LogP contribution in [-0.4, -0.2) is 24.5 Å². The fraction of sp³-hybridized carbons (Fsp3) is 0.667. The molecule has 0 aliphatic heterocycles. The maximum absolute atomic E-state index is 11.0. The van der Waals surface area contributed by atoms with E-state index in [0.29, 0.717) is 6.42 Å². The first kappa shape index (κ1) is 13.1. The third-order valence-corrected chi connectivity index (χ3v) is 2.45. The van der Waals surface area contributed by atoms with E-state index in [1.807, 2.05) is 0 Å². The predicted octanol–water partition coefficient (Wildman–Crippen LogP) is 0.883. The van der Waals surface area contributed by atoms with E-state index in [9.17, 15) is 13.2 Å². The lowest BCUT2D eigenvalue weighted by molar-refractivity contribution is -0.119. The zero-order valence-electron chi connectivity index (χ0n) is 8.28. The summed E-state index contributed by atoms with van der Waals surface area (Å²) in [5.74, 6) is 4.01. The topological polar surface area (TPSA) is 71.4 Å². The smallest absolute Gasteiger partial charge is 0.266 e. The molecule has 0 amide bonds. The van der Waals surface area contributed by atoms with E-state index in [0.717, 1.165) is 0 Å². The average Bonchev–Trinajstić information content (AvgIpc) is 2.01. The van der Waals surface area contributed by atoms with Crippen molar-refractivity contribution in [2.24, 2.45) is 5.92 Å². The van der Waals surface area contributed by atoms with Crippen LogP contribution in [0.5, 0.6) is 0 Å². The van der Waals surface area contributed by atoms with Crippen molar-refractivity contribution in [1.29, 1.82) is 0 Å². The van der Waals surface area contributed by atoms with Crippen molar-refractivity contribution >= 4 is 15.9 Å². The highest BCUT2D eigenvalue weighted by atomic mass is 32.2. The van der Waals surface area contributed by atoms with Gasteiger partial charge in [0.1, 0.15) is 5.78 Å². The second-order valence-electron chi connectivity index (χ2n) is 2.94. The maximum Gasteiger partial charge on any atom is 0.266 e. The summed E-state index contributed by atoms with van der Waals surface area (Å²) in [5.41, 5.74) is 0. The molecule has 0 aliphatic carbocycles. The molecule has 0 heterocycles. The van der Waals surface area contributed by atoms with Gasteiger partial charge in [-0.25, -0.2) is 0 Å². The normalized spacial score (nSPS) is 12.8. The summed E-state index contributed by atoms with van der Waals surface area (Å²) in [6.07, 6.45) is 0.435. The number of hydrogen-bond acceptors (Lipinski definition) is 3. The first-order valence-corrected chi connectivity index (χ1v) is 5.89. The van der Waals surface area contributed by atoms with Gasteiger partial charge in [0.15, 0.2) is 0 Å². The molecule has 0 saturated carbocycles. The van der Waals surface area contributed by atoms with Gasteiger partial charge in [-0.15, -0.1) is 5.92 Å².